The summed E-state index contributed by atoms with van der Waals surface area (Å²) in [4.78, 5) is 10.8. The molecule has 0 aliphatic carbocycles. The first-order valence-electron chi connectivity index (χ1n) is 5.35. The smallest absolute Gasteiger partial charge is 0.343 e. The van der Waals surface area contributed by atoms with E-state index in [0.717, 1.165) is 0 Å². The number of hydrogen-bond acceptors (Lipinski definition) is 6. The fourth-order valence-electron chi connectivity index (χ4n) is 1.28. The van der Waals surface area contributed by atoms with Gasteiger partial charge in [-0.15, -0.1) is 0 Å². The van der Waals surface area contributed by atoms with Gasteiger partial charge in [0.2, 0.25) is 0 Å². The van der Waals surface area contributed by atoms with Gasteiger partial charge < -0.3 is 24.8 Å². The van der Waals surface area contributed by atoms with Crippen LogP contribution in [0.3, 0.4) is 0 Å². The molecule has 0 aliphatic heterocycles. The molecule has 0 fully saturated rings. The number of aliphatic hydroxyl groups is 3. The van der Waals surface area contributed by atoms with Crippen molar-refractivity contribution >= 4 is 5.97 Å². The van der Waals surface area contributed by atoms with Gasteiger partial charge in [-0.1, -0.05) is 12.1 Å². The lowest BCUT2D eigenvalue weighted by atomic mass is 10.1. The zero-order valence-electron chi connectivity index (χ0n) is 9.94. The summed E-state index contributed by atoms with van der Waals surface area (Å²) in [6, 6.07) is 6.17. The number of methoxy groups -OCH3 is 1. The van der Waals surface area contributed by atoms with Crippen molar-refractivity contribution in [2.45, 2.75) is 12.2 Å². The van der Waals surface area contributed by atoms with Gasteiger partial charge in [0.05, 0.1) is 13.7 Å². The van der Waals surface area contributed by atoms with E-state index < -0.39 is 24.8 Å². The number of carbonyl (C=O) groups excluding carboxylic acids is 1. The standard InChI is InChI=1S/C12H16O6/c1-17-11(15)7-18-9-4-2-8(3-5-9)12(16)10(14)6-13/h2-5,10,12-14,16H,6-7H2,1H3. The number of rotatable bonds is 6. The molecular formula is C12H16O6. The summed E-state index contributed by atoms with van der Waals surface area (Å²) in [5.74, 6) is -0.0512. The highest BCUT2D eigenvalue weighted by Crippen LogP contribution is 2.20. The summed E-state index contributed by atoms with van der Waals surface area (Å²) >= 11 is 0. The van der Waals surface area contributed by atoms with E-state index in [2.05, 4.69) is 4.74 Å². The predicted octanol–water partition coefficient (Wildman–Crippen LogP) is -0.375. The molecule has 0 amide bonds. The van der Waals surface area contributed by atoms with E-state index in [1.807, 2.05) is 0 Å². The van der Waals surface area contributed by atoms with Gasteiger partial charge >= 0.3 is 5.97 Å². The van der Waals surface area contributed by atoms with Crippen LogP contribution < -0.4 is 4.74 Å². The molecule has 18 heavy (non-hydrogen) atoms. The topological polar surface area (TPSA) is 96.2 Å². The zero-order chi connectivity index (χ0) is 13.5. The Morgan fingerprint density at radius 3 is 2.39 bits per heavy atom. The van der Waals surface area contributed by atoms with E-state index in [-0.39, 0.29) is 6.61 Å². The molecule has 0 radical (unpaired) electrons. The van der Waals surface area contributed by atoms with Crippen LogP contribution in [-0.2, 0) is 9.53 Å². The molecule has 1 aromatic rings. The molecule has 0 aromatic heterocycles. The second kappa shape index (κ2) is 6.95. The highest BCUT2D eigenvalue weighted by atomic mass is 16.6. The molecule has 1 rings (SSSR count). The van der Waals surface area contributed by atoms with Crippen LogP contribution >= 0.6 is 0 Å². The summed E-state index contributed by atoms with van der Waals surface area (Å²) < 4.78 is 9.53. The van der Waals surface area contributed by atoms with Gasteiger partial charge in [0.1, 0.15) is 18.0 Å². The molecule has 0 saturated carbocycles. The third kappa shape index (κ3) is 3.99. The van der Waals surface area contributed by atoms with Crippen molar-refractivity contribution in [1.82, 2.24) is 0 Å². The van der Waals surface area contributed by atoms with Crippen molar-refractivity contribution in [3.8, 4) is 5.75 Å². The van der Waals surface area contributed by atoms with Crippen molar-refractivity contribution < 1.29 is 29.6 Å². The largest absolute Gasteiger partial charge is 0.482 e. The lowest BCUT2D eigenvalue weighted by Gasteiger charge is -2.16. The van der Waals surface area contributed by atoms with Crippen LogP contribution in [0.5, 0.6) is 5.75 Å². The normalized spacial score (nSPS) is 13.8. The van der Waals surface area contributed by atoms with Crippen molar-refractivity contribution in [3.63, 3.8) is 0 Å². The van der Waals surface area contributed by atoms with Crippen molar-refractivity contribution in [1.29, 1.82) is 0 Å². The van der Waals surface area contributed by atoms with Gasteiger partial charge in [0.25, 0.3) is 0 Å². The molecule has 2 unspecified atom stereocenters. The summed E-state index contributed by atoms with van der Waals surface area (Å²) in [7, 11) is 1.27. The van der Waals surface area contributed by atoms with Crippen LogP contribution in [0, 0.1) is 0 Å². The number of esters is 1. The van der Waals surface area contributed by atoms with E-state index >= 15 is 0 Å². The molecule has 1 aromatic carbocycles. The second-order valence-electron chi connectivity index (χ2n) is 3.63. The maximum Gasteiger partial charge on any atom is 0.343 e. The van der Waals surface area contributed by atoms with Crippen molar-refractivity contribution in [2.24, 2.45) is 0 Å². The van der Waals surface area contributed by atoms with Crippen LogP contribution in [0.25, 0.3) is 0 Å². The fraction of sp³-hybridized carbons (Fsp3) is 0.417. The maximum atomic E-state index is 10.8. The summed E-state index contributed by atoms with van der Waals surface area (Å²) in [5, 5.41) is 27.6. The SMILES string of the molecule is COC(=O)COc1ccc(C(O)C(O)CO)cc1. The van der Waals surface area contributed by atoms with Crippen LogP contribution in [0.15, 0.2) is 24.3 Å². The minimum atomic E-state index is -1.23. The Balaban J connectivity index is 2.59. The van der Waals surface area contributed by atoms with Gasteiger partial charge in [-0.05, 0) is 17.7 Å². The molecule has 0 saturated heterocycles. The van der Waals surface area contributed by atoms with Gasteiger partial charge in [0.15, 0.2) is 6.61 Å². The van der Waals surface area contributed by atoms with Crippen LogP contribution in [0.1, 0.15) is 11.7 Å². The minimum Gasteiger partial charge on any atom is -0.482 e. The van der Waals surface area contributed by atoms with E-state index in [1.165, 1.54) is 19.2 Å². The van der Waals surface area contributed by atoms with Crippen molar-refractivity contribution in [2.75, 3.05) is 20.3 Å². The molecule has 0 spiro atoms. The molecular weight excluding hydrogens is 240 g/mol. The van der Waals surface area contributed by atoms with Gasteiger partial charge in [0, 0.05) is 0 Å². The Hall–Kier alpha value is -1.63. The summed E-state index contributed by atoms with van der Waals surface area (Å²) in [6.45, 7) is -0.723. The molecule has 0 aliphatic rings. The Bertz CT molecular complexity index is 375. The van der Waals surface area contributed by atoms with E-state index in [4.69, 9.17) is 9.84 Å². The summed E-state index contributed by atoms with van der Waals surface area (Å²) in [5.41, 5.74) is 0.446. The van der Waals surface area contributed by atoms with Crippen LogP contribution in [-0.4, -0.2) is 47.7 Å². The fourth-order valence-corrected chi connectivity index (χ4v) is 1.28. The molecule has 6 nitrogen and oxygen atoms in total. The Morgan fingerprint density at radius 1 is 1.28 bits per heavy atom. The molecule has 100 valence electrons. The average Bonchev–Trinajstić information content (AvgIpc) is 2.43. The Kier molecular flexibility index (Phi) is 5.57. The highest BCUT2D eigenvalue weighted by molar-refractivity contribution is 5.70. The Morgan fingerprint density at radius 2 is 1.89 bits per heavy atom. The number of aliphatic hydroxyl groups excluding tert-OH is 3. The van der Waals surface area contributed by atoms with E-state index in [1.54, 1.807) is 12.1 Å². The van der Waals surface area contributed by atoms with E-state index in [9.17, 15) is 15.0 Å². The minimum absolute atomic E-state index is 0.197. The molecule has 6 heteroatoms. The predicted molar refractivity (Wildman–Crippen MR) is 62.0 cm³/mol. The lowest BCUT2D eigenvalue weighted by Crippen LogP contribution is -2.21. The lowest BCUT2D eigenvalue weighted by molar-refractivity contribution is -0.142. The third-order valence-electron chi connectivity index (χ3n) is 2.36. The first-order valence-corrected chi connectivity index (χ1v) is 5.35. The third-order valence-corrected chi connectivity index (χ3v) is 2.36. The first-order chi connectivity index (χ1) is 8.58. The Labute approximate surface area is 104 Å². The molecule has 0 heterocycles. The average molecular weight is 256 g/mol. The van der Waals surface area contributed by atoms with Crippen LogP contribution in [0.4, 0.5) is 0 Å². The maximum absolute atomic E-state index is 10.8. The molecule has 2 atom stereocenters. The number of ether oxygens (including phenoxy) is 2. The number of benzene rings is 1. The van der Waals surface area contributed by atoms with Gasteiger partial charge in [-0.3, -0.25) is 0 Å². The molecule has 3 N–H and O–H groups in total. The highest BCUT2D eigenvalue weighted by Gasteiger charge is 2.17. The van der Waals surface area contributed by atoms with Crippen molar-refractivity contribution in [3.05, 3.63) is 29.8 Å². The molecule has 0 bridgehead atoms. The number of carbonyl (C=O) groups is 1. The first kappa shape index (κ1) is 14.4. The van der Waals surface area contributed by atoms with Crippen LogP contribution in [0.2, 0.25) is 0 Å². The van der Waals surface area contributed by atoms with Gasteiger partial charge in [-0.2, -0.15) is 0 Å². The number of hydrogen-bond donors (Lipinski definition) is 3. The van der Waals surface area contributed by atoms with E-state index in [0.29, 0.717) is 11.3 Å². The second-order valence-corrected chi connectivity index (χ2v) is 3.63. The monoisotopic (exact) mass is 256 g/mol. The van der Waals surface area contributed by atoms with Gasteiger partial charge in [-0.25, -0.2) is 4.79 Å². The quantitative estimate of drug-likeness (QED) is 0.601. The zero-order valence-corrected chi connectivity index (χ0v) is 9.94. The summed E-state index contributed by atoms with van der Waals surface area (Å²) in [6.07, 6.45) is -2.39.